The first-order valence-corrected chi connectivity index (χ1v) is 5.63. The van der Waals surface area contributed by atoms with Crippen LogP contribution in [0.15, 0.2) is 18.2 Å². The lowest BCUT2D eigenvalue weighted by Crippen LogP contribution is -2.50. The van der Waals surface area contributed by atoms with Crippen molar-refractivity contribution in [2.24, 2.45) is 0 Å². The highest BCUT2D eigenvalue weighted by Gasteiger charge is 2.36. The predicted molar refractivity (Wildman–Crippen MR) is 58.9 cm³/mol. The van der Waals surface area contributed by atoms with Gasteiger partial charge in [-0.15, -0.1) is 0 Å². The van der Waals surface area contributed by atoms with Crippen LogP contribution in [-0.4, -0.2) is 13.1 Å². The first kappa shape index (κ1) is 11.5. The number of nitrogens with one attached hydrogen (secondary N) is 2. The summed E-state index contributed by atoms with van der Waals surface area (Å²) in [5.41, 5.74) is -0.215. The van der Waals surface area contributed by atoms with Crippen molar-refractivity contribution in [1.29, 1.82) is 0 Å². The number of hydrogen-bond acceptors (Lipinski definition) is 2. The van der Waals surface area contributed by atoms with Gasteiger partial charge in [-0.3, -0.25) is 10.6 Å². The third kappa shape index (κ3) is 1.95. The molecule has 0 aromatic heterocycles. The summed E-state index contributed by atoms with van der Waals surface area (Å²) in [7, 11) is 0. The van der Waals surface area contributed by atoms with E-state index in [9.17, 15) is 8.78 Å². The molecule has 1 saturated heterocycles. The van der Waals surface area contributed by atoms with E-state index in [4.69, 9.17) is 0 Å². The van der Waals surface area contributed by atoms with Gasteiger partial charge in [0.2, 0.25) is 0 Å². The van der Waals surface area contributed by atoms with Crippen molar-refractivity contribution in [3.63, 3.8) is 0 Å². The van der Waals surface area contributed by atoms with Crippen LogP contribution < -0.4 is 10.6 Å². The summed E-state index contributed by atoms with van der Waals surface area (Å²) >= 11 is 0. The molecule has 16 heavy (non-hydrogen) atoms. The Balaban J connectivity index is 2.42. The fourth-order valence-electron chi connectivity index (χ4n) is 2.35. The number of benzene rings is 1. The smallest absolute Gasteiger partial charge is 0.129 e. The fourth-order valence-corrected chi connectivity index (χ4v) is 2.35. The zero-order chi connectivity index (χ0) is 11.6. The summed E-state index contributed by atoms with van der Waals surface area (Å²) in [5, 5.41) is 6.46. The van der Waals surface area contributed by atoms with Crippen LogP contribution in [0.25, 0.3) is 0 Å². The molecule has 1 aliphatic rings. The zero-order valence-electron chi connectivity index (χ0n) is 9.32. The Hall–Kier alpha value is -1.00. The summed E-state index contributed by atoms with van der Waals surface area (Å²) in [6.07, 6.45) is 1.74. The number of rotatable bonds is 3. The Bertz CT molecular complexity index is 373. The van der Waals surface area contributed by atoms with E-state index in [1.807, 2.05) is 6.92 Å². The molecule has 1 heterocycles. The van der Waals surface area contributed by atoms with Gasteiger partial charge in [-0.25, -0.2) is 8.78 Å². The van der Waals surface area contributed by atoms with E-state index in [1.165, 1.54) is 12.1 Å². The van der Waals surface area contributed by atoms with E-state index in [0.717, 1.165) is 25.5 Å². The minimum atomic E-state index is -0.596. The van der Waals surface area contributed by atoms with E-state index in [-0.39, 0.29) is 5.82 Å². The standard InChI is InChI=1S/C12H16F2N2/c1-2-15-12(6-3-7-16-12)10-8-9(13)4-5-11(10)14/h4-5,8,15-16H,2-3,6-7H2,1H3/t12-/m1/s1. The molecule has 2 N–H and O–H groups in total. The second-order valence-corrected chi connectivity index (χ2v) is 4.09. The summed E-state index contributed by atoms with van der Waals surface area (Å²) in [4.78, 5) is 0. The van der Waals surface area contributed by atoms with Crippen molar-refractivity contribution >= 4 is 0 Å². The molecule has 4 heteroatoms. The molecular weight excluding hydrogens is 210 g/mol. The Kier molecular flexibility index (Phi) is 3.21. The van der Waals surface area contributed by atoms with E-state index in [2.05, 4.69) is 10.6 Å². The molecule has 0 bridgehead atoms. The van der Waals surface area contributed by atoms with Gasteiger partial charge in [-0.2, -0.15) is 0 Å². The summed E-state index contributed by atoms with van der Waals surface area (Å²) in [5.74, 6) is -0.765. The lowest BCUT2D eigenvalue weighted by atomic mass is 9.96. The van der Waals surface area contributed by atoms with Crippen molar-refractivity contribution in [3.05, 3.63) is 35.4 Å². The van der Waals surface area contributed by atoms with Crippen LogP contribution in [0.4, 0.5) is 8.78 Å². The lowest BCUT2D eigenvalue weighted by Gasteiger charge is -2.31. The van der Waals surface area contributed by atoms with Gasteiger partial charge in [0.25, 0.3) is 0 Å². The normalized spacial score (nSPS) is 24.9. The monoisotopic (exact) mass is 226 g/mol. The molecule has 0 aliphatic carbocycles. The Morgan fingerprint density at radius 3 is 2.88 bits per heavy atom. The van der Waals surface area contributed by atoms with E-state index < -0.39 is 11.5 Å². The van der Waals surface area contributed by atoms with E-state index in [0.29, 0.717) is 12.1 Å². The van der Waals surface area contributed by atoms with Gasteiger partial charge in [0.05, 0.1) is 5.66 Å². The minimum absolute atomic E-state index is 0.364. The quantitative estimate of drug-likeness (QED) is 0.825. The van der Waals surface area contributed by atoms with Crippen molar-refractivity contribution in [1.82, 2.24) is 10.6 Å². The van der Waals surface area contributed by atoms with Crippen LogP contribution in [0.1, 0.15) is 25.3 Å². The molecule has 1 aromatic rings. The van der Waals surface area contributed by atoms with Crippen molar-refractivity contribution < 1.29 is 8.78 Å². The van der Waals surface area contributed by atoms with Crippen molar-refractivity contribution in [2.45, 2.75) is 25.4 Å². The largest absolute Gasteiger partial charge is 0.296 e. The molecular formula is C12H16F2N2. The first-order chi connectivity index (χ1) is 7.68. The number of hydrogen-bond donors (Lipinski definition) is 2. The van der Waals surface area contributed by atoms with Gasteiger partial charge < -0.3 is 0 Å². The maximum Gasteiger partial charge on any atom is 0.129 e. The molecule has 0 saturated carbocycles. The Morgan fingerprint density at radius 1 is 1.44 bits per heavy atom. The molecule has 1 aromatic carbocycles. The highest BCUT2D eigenvalue weighted by atomic mass is 19.1. The molecule has 0 unspecified atom stereocenters. The van der Waals surface area contributed by atoms with Crippen LogP contribution in [0, 0.1) is 11.6 Å². The first-order valence-electron chi connectivity index (χ1n) is 5.63. The maximum absolute atomic E-state index is 13.7. The average Bonchev–Trinajstić information content (AvgIpc) is 2.72. The Morgan fingerprint density at radius 2 is 2.25 bits per heavy atom. The van der Waals surface area contributed by atoms with Crippen LogP contribution in [0.5, 0.6) is 0 Å². The van der Waals surface area contributed by atoms with Crippen LogP contribution in [0.3, 0.4) is 0 Å². The molecule has 88 valence electrons. The van der Waals surface area contributed by atoms with Gasteiger partial charge in [-0.1, -0.05) is 6.92 Å². The Labute approximate surface area is 94.0 Å². The predicted octanol–water partition coefficient (Wildman–Crippen LogP) is 2.11. The zero-order valence-corrected chi connectivity index (χ0v) is 9.32. The summed E-state index contributed by atoms with van der Waals surface area (Å²) in [6.45, 7) is 3.49. The average molecular weight is 226 g/mol. The van der Waals surface area contributed by atoms with Gasteiger partial charge >= 0.3 is 0 Å². The molecule has 1 aliphatic heterocycles. The second-order valence-electron chi connectivity index (χ2n) is 4.09. The molecule has 0 spiro atoms. The SMILES string of the molecule is CCN[C@]1(c2cc(F)ccc2F)CCCN1. The topological polar surface area (TPSA) is 24.1 Å². The number of halogens is 2. The molecule has 2 rings (SSSR count). The third-order valence-electron chi connectivity index (χ3n) is 3.02. The highest BCUT2D eigenvalue weighted by molar-refractivity contribution is 5.27. The minimum Gasteiger partial charge on any atom is -0.296 e. The molecule has 1 atom stereocenters. The molecule has 1 fully saturated rings. The molecule has 0 amide bonds. The van der Waals surface area contributed by atoms with Gasteiger partial charge in [-0.05, 0) is 44.1 Å². The third-order valence-corrected chi connectivity index (χ3v) is 3.02. The van der Waals surface area contributed by atoms with Crippen molar-refractivity contribution in [3.8, 4) is 0 Å². The molecule has 2 nitrogen and oxygen atoms in total. The van der Waals surface area contributed by atoms with Crippen molar-refractivity contribution in [2.75, 3.05) is 13.1 Å². The van der Waals surface area contributed by atoms with Crippen LogP contribution in [0.2, 0.25) is 0 Å². The van der Waals surface area contributed by atoms with Crippen LogP contribution in [-0.2, 0) is 5.66 Å². The van der Waals surface area contributed by atoms with Crippen LogP contribution >= 0.6 is 0 Å². The van der Waals surface area contributed by atoms with E-state index in [1.54, 1.807) is 0 Å². The van der Waals surface area contributed by atoms with Gasteiger partial charge in [0, 0.05) is 5.56 Å². The van der Waals surface area contributed by atoms with E-state index >= 15 is 0 Å². The van der Waals surface area contributed by atoms with Gasteiger partial charge in [0.15, 0.2) is 0 Å². The maximum atomic E-state index is 13.7. The van der Waals surface area contributed by atoms with Gasteiger partial charge in [0.1, 0.15) is 11.6 Å². The highest BCUT2D eigenvalue weighted by Crippen LogP contribution is 2.30. The molecule has 0 radical (unpaired) electrons. The fraction of sp³-hybridized carbons (Fsp3) is 0.500. The summed E-state index contributed by atoms with van der Waals surface area (Å²) < 4.78 is 26.9. The second kappa shape index (κ2) is 4.47. The summed E-state index contributed by atoms with van der Waals surface area (Å²) in [6, 6.07) is 3.60. The lowest BCUT2D eigenvalue weighted by molar-refractivity contribution is 0.296.